The molecule has 4 heterocycles. The molecule has 3 aliphatic rings. The van der Waals surface area contributed by atoms with Crippen molar-refractivity contribution in [2.24, 2.45) is 10.7 Å². The molecule has 0 bridgehead atoms. The lowest BCUT2D eigenvalue weighted by Crippen LogP contribution is -2.45. The molecule has 0 fully saturated rings. The Morgan fingerprint density at radius 2 is 1.97 bits per heavy atom. The lowest BCUT2D eigenvalue weighted by molar-refractivity contribution is -0.121. The molecule has 0 radical (unpaired) electrons. The summed E-state index contributed by atoms with van der Waals surface area (Å²) in [5.74, 6) is 1.55. The van der Waals surface area contributed by atoms with Crippen molar-refractivity contribution in [3.05, 3.63) is 69.4 Å². The zero-order valence-corrected chi connectivity index (χ0v) is 17.1. The fraction of sp³-hybridized carbons (Fsp3) is 0.174. The van der Waals surface area contributed by atoms with Gasteiger partial charge in [-0.15, -0.1) is 11.3 Å². The van der Waals surface area contributed by atoms with E-state index < -0.39 is 5.41 Å². The SMILES string of the molecule is N#Cc1ccc(CN2C(=O)C3(CC(N)=Nc4cc5c(cc43)OCO5)c3ccccc32)s1. The van der Waals surface area contributed by atoms with Crippen LogP contribution in [0.5, 0.6) is 11.5 Å². The maximum Gasteiger partial charge on any atom is 0.243 e. The first-order valence-electron chi connectivity index (χ1n) is 9.77. The van der Waals surface area contributed by atoms with Crippen LogP contribution in [0, 0.1) is 11.3 Å². The third-order valence-electron chi connectivity index (χ3n) is 6.01. The average molecular weight is 428 g/mol. The number of benzene rings is 2. The van der Waals surface area contributed by atoms with Crippen molar-refractivity contribution in [3.63, 3.8) is 0 Å². The number of carbonyl (C=O) groups is 1. The zero-order valence-electron chi connectivity index (χ0n) is 16.3. The summed E-state index contributed by atoms with van der Waals surface area (Å²) >= 11 is 1.39. The summed E-state index contributed by atoms with van der Waals surface area (Å²) < 4.78 is 11.1. The number of fused-ring (bicyclic) bond motifs is 5. The molecule has 0 saturated heterocycles. The fourth-order valence-electron chi connectivity index (χ4n) is 4.72. The summed E-state index contributed by atoms with van der Waals surface area (Å²) in [7, 11) is 0. The van der Waals surface area contributed by atoms with E-state index in [4.69, 9.17) is 20.5 Å². The summed E-state index contributed by atoms with van der Waals surface area (Å²) in [6.07, 6.45) is 0.292. The van der Waals surface area contributed by atoms with Gasteiger partial charge in [0, 0.05) is 28.6 Å². The van der Waals surface area contributed by atoms with Gasteiger partial charge in [-0.3, -0.25) is 4.79 Å². The second kappa shape index (κ2) is 6.33. The van der Waals surface area contributed by atoms with Gasteiger partial charge in [-0.1, -0.05) is 18.2 Å². The molecule has 31 heavy (non-hydrogen) atoms. The normalized spacial score (nSPS) is 20.4. The van der Waals surface area contributed by atoms with E-state index in [9.17, 15) is 4.79 Å². The van der Waals surface area contributed by atoms with Crippen molar-refractivity contribution >= 4 is 34.5 Å². The lowest BCUT2D eigenvalue weighted by atomic mass is 9.70. The van der Waals surface area contributed by atoms with Crippen LogP contribution in [0.3, 0.4) is 0 Å². The third kappa shape index (κ3) is 2.44. The minimum Gasteiger partial charge on any atom is -0.454 e. The fourth-order valence-corrected chi connectivity index (χ4v) is 5.51. The number of aliphatic imine (C=N–C) groups is 1. The van der Waals surface area contributed by atoms with E-state index in [1.54, 1.807) is 17.0 Å². The van der Waals surface area contributed by atoms with Crippen LogP contribution >= 0.6 is 11.3 Å². The molecule has 1 unspecified atom stereocenters. The van der Waals surface area contributed by atoms with E-state index in [1.807, 2.05) is 36.4 Å². The van der Waals surface area contributed by atoms with Gasteiger partial charge in [0.05, 0.1) is 12.2 Å². The molecule has 0 aliphatic carbocycles. The standard InChI is InChI=1S/C23H16N4O3S/c24-10-13-5-6-14(31-13)11-27-18-4-2-1-3-15(18)23(22(27)28)9-21(25)26-17-8-20-19(7-16(17)23)29-12-30-20/h1-8H,9,11-12H2,(H2,25,26). The summed E-state index contributed by atoms with van der Waals surface area (Å²) in [6, 6.07) is 17.3. The number of para-hydroxylation sites is 1. The number of nitriles is 1. The maximum atomic E-state index is 14.1. The highest BCUT2D eigenvalue weighted by Crippen LogP contribution is 2.55. The number of amides is 1. The van der Waals surface area contributed by atoms with E-state index >= 15 is 0 Å². The second-order valence-corrected chi connectivity index (χ2v) is 8.86. The molecule has 3 aliphatic heterocycles. The number of ether oxygens (including phenoxy) is 2. The van der Waals surface area contributed by atoms with Gasteiger partial charge in [0.25, 0.3) is 0 Å². The highest BCUT2D eigenvalue weighted by atomic mass is 32.1. The molecule has 6 rings (SSSR count). The summed E-state index contributed by atoms with van der Waals surface area (Å²) in [5.41, 5.74) is 8.43. The Bertz CT molecular complexity index is 1340. The molecule has 0 saturated carbocycles. The number of hydrogen-bond acceptors (Lipinski definition) is 7. The Morgan fingerprint density at radius 3 is 2.77 bits per heavy atom. The maximum absolute atomic E-state index is 14.1. The van der Waals surface area contributed by atoms with Gasteiger partial charge in [0.15, 0.2) is 11.5 Å². The summed E-state index contributed by atoms with van der Waals surface area (Å²) in [6.45, 7) is 0.529. The Labute approximate surface area is 181 Å². The van der Waals surface area contributed by atoms with Crippen LogP contribution < -0.4 is 20.1 Å². The van der Waals surface area contributed by atoms with Crippen LogP contribution in [0.2, 0.25) is 0 Å². The monoisotopic (exact) mass is 428 g/mol. The minimum absolute atomic E-state index is 0.0569. The molecule has 152 valence electrons. The van der Waals surface area contributed by atoms with Crippen LogP contribution in [0.15, 0.2) is 53.5 Å². The molecule has 3 aromatic rings. The van der Waals surface area contributed by atoms with Crippen LogP contribution in [0.25, 0.3) is 0 Å². The van der Waals surface area contributed by atoms with E-state index in [-0.39, 0.29) is 12.7 Å². The first kappa shape index (κ1) is 18.0. The minimum atomic E-state index is -0.978. The van der Waals surface area contributed by atoms with Crippen molar-refractivity contribution in [1.29, 1.82) is 5.26 Å². The van der Waals surface area contributed by atoms with E-state index in [1.165, 1.54) is 11.3 Å². The molecule has 2 N–H and O–H groups in total. The van der Waals surface area contributed by atoms with Gasteiger partial charge in [-0.2, -0.15) is 5.26 Å². The number of thiophene rings is 1. The van der Waals surface area contributed by atoms with Crippen molar-refractivity contribution in [2.75, 3.05) is 11.7 Å². The molecule has 1 atom stereocenters. The molecule has 8 heteroatoms. The Hall–Kier alpha value is -3.83. The van der Waals surface area contributed by atoms with Crippen LogP contribution in [-0.4, -0.2) is 18.5 Å². The molecular formula is C23H16N4O3S. The van der Waals surface area contributed by atoms with Crippen molar-refractivity contribution in [3.8, 4) is 17.6 Å². The first-order chi connectivity index (χ1) is 15.1. The van der Waals surface area contributed by atoms with Gasteiger partial charge in [-0.05, 0) is 29.8 Å². The van der Waals surface area contributed by atoms with E-state index in [2.05, 4.69) is 11.1 Å². The van der Waals surface area contributed by atoms with Crippen LogP contribution in [0.1, 0.15) is 27.3 Å². The van der Waals surface area contributed by atoms with Gasteiger partial charge in [-0.25, -0.2) is 4.99 Å². The summed E-state index contributed by atoms with van der Waals surface area (Å²) in [4.78, 5) is 22.0. The van der Waals surface area contributed by atoms with E-state index in [0.717, 1.165) is 21.7 Å². The highest BCUT2D eigenvalue weighted by molar-refractivity contribution is 7.12. The third-order valence-corrected chi connectivity index (χ3v) is 6.99. The number of anilines is 1. The Kier molecular flexibility index (Phi) is 3.67. The largest absolute Gasteiger partial charge is 0.454 e. The number of nitrogens with two attached hydrogens (primary N) is 1. The van der Waals surface area contributed by atoms with Gasteiger partial charge in [0.2, 0.25) is 12.7 Å². The molecule has 1 aromatic heterocycles. The van der Waals surface area contributed by atoms with Crippen molar-refractivity contribution in [1.82, 2.24) is 0 Å². The molecular weight excluding hydrogens is 412 g/mol. The van der Waals surface area contributed by atoms with Gasteiger partial charge in [0.1, 0.15) is 22.2 Å². The number of carbonyl (C=O) groups excluding carboxylic acids is 1. The smallest absolute Gasteiger partial charge is 0.243 e. The average Bonchev–Trinajstić information content (AvgIpc) is 3.47. The van der Waals surface area contributed by atoms with E-state index in [0.29, 0.717) is 40.9 Å². The molecule has 1 spiro atoms. The first-order valence-corrected chi connectivity index (χ1v) is 10.6. The molecule has 7 nitrogen and oxygen atoms in total. The van der Waals surface area contributed by atoms with Gasteiger partial charge >= 0.3 is 0 Å². The highest BCUT2D eigenvalue weighted by Gasteiger charge is 2.55. The topological polar surface area (TPSA) is 101 Å². The summed E-state index contributed by atoms with van der Waals surface area (Å²) in [5, 5.41) is 9.17. The zero-order chi connectivity index (χ0) is 21.2. The Balaban J connectivity index is 1.54. The predicted molar refractivity (Wildman–Crippen MR) is 116 cm³/mol. The van der Waals surface area contributed by atoms with Crippen molar-refractivity contribution < 1.29 is 14.3 Å². The number of amidine groups is 1. The van der Waals surface area contributed by atoms with Gasteiger partial charge < -0.3 is 20.1 Å². The van der Waals surface area contributed by atoms with Crippen LogP contribution in [-0.2, 0) is 16.8 Å². The lowest BCUT2D eigenvalue weighted by Gasteiger charge is -2.33. The molecule has 2 aromatic carbocycles. The number of hydrogen-bond donors (Lipinski definition) is 1. The quantitative estimate of drug-likeness (QED) is 0.672. The predicted octanol–water partition coefficient (Wildman–Crippen LogP) is 3.57. The van der Waals surface area contributed by atoms with Crippen molar-refractivity contribution in [2.45, 2.75) is 18.4 Å². The number of rotatable bonds is 2. The molecule has 1 amide bonds. The van der Waals surface area contributed by atoms with Crippen LogP contribution in [0.4, 0.5) is 11.4 Å². The number of nitrogens with zero attached hydrogens (tertiary/aromatic N) is 3. The second-order valence-electron chi connectivity index (χ2n) is 7.69. The Morgan fingerprint density at radius 1 is 1.16 bits per heavy atom.